The third-order valence-electron chi connectivity index (χ3n) is 3.62. The van der Waals surface area contributed by atoms with Crippen LogP contribution in [0.1, 0.15) is 33.1 Å². The number of amides is 2. The Hall–Kier alpha value is -1.30. The Morgan fingerprint density at radius 3 is 2.74 bits per heavy atom. The highest BCUT2D eigenvalue weighted by Crippen LogP contribution is 2.16. The maximum atomic E-state index is 11.7. The summed E-state index contributed by atoms with van der Waals surface area (Å²) in [6.45, 7) is 5.73. The lowest BCUT2D eigenvalue weighted by Gasteiger charge is -2.20. The number of nitrogens with one attached hydrogen (secondary N) is 2. The predicted octanol–water partition coefficient (Wildman–Crippen LogP) is 1.21. The van der Waals surface area contributed by atoms with Crippen LogP contribution < -0.4 is 10.6 Å². The molecule has 1 heterocycles. The quantitative estimate of drug-likeness (QED) is 0.650. The number of carbonyl (C=O) groups excluding carboxylic acids is 1. The van der Waals surface area contributed by atoms with Gasteiger partial charge in [0.25, 0.3) is 0 Å². The van der Waals surface area contributed by atoms with E-state index in [0.29, 0.717) is 19.1 Å². The standard InChI is InChI=1S/C13H24N2O4/c1-3-10(6-12(16)17)7-14-13(18)15-9(2)11-4-5-19-8-11/h9-11H,3-8H2,1-2H3,(H,16,17)(H2,14,15,18). The number of hydrogen-bond donors (Lipinski definition) is 3. The molecule has 0 aromatic carbocycles. The van der Waals surface area contributed by atoms with Gasteiger partial charge in [-0.15, -0.1) is 0 Å². The van der Waals surface area contributed by atoms with Crippen LogP contribution in [0.15, 0.2) is 0 Å². The molecule has 2 amide bonds. The monoisotopic (exact) mass is 272 g/mol. The van der Waals surface area contributed by atoms with Crippen LogP contribution in [0, 0.1) is 11.8 Å². The van der Waals surface area contributed by atoms with E-state index in [1.54, 1.807) is 0 Å². The van der Waals surface area contributed by atoms with Crippen LogP contribution in [0.3, 0.4) is 0 Å². The zero-order chi connectivity index (χ0) is 14.3. The molecular weight excluding hydrogens is 248 g/mol. The zero-order valence-electron chi connectivity index (χ0n) is 11.6. The maximum Gasteiger partial charge on any atom is 0.315 e. The van der Waals surface area contributed by atoms with Gasteiger partial charge in [0.15, 0.2) is 0 Å². The number of carbonyl (C=O) groups is 2. The molecule has 3 unspecified atom stereocenters. The number of rotatable bonds is 7. The number of ether oxygens (including phenoxy) is 1. The second-order valence-electron chi connectivity index (χ2n) is 5.14. The largest absolute Gasteiger partial charge is 0.481 e. The van der Waals surface area contributed by atoms with Crippen molar-refractivity contribution in [3.05, 3.63) is 0 Å². The van der Waals surface area contributed by atoms with Gasteiger partial charge in [-0.05, 0) is 19.3 Å². The van der Waals surface area contributed by atoms with Crippen molar-refractivity contribution < 1.29 is 19.4 Å². The maximum absolute atomic E-state index is 11.7. The van der Waals surface area contributed by atoms with Crippen LogP contribution in [0.2, 0.25) is 0 Å². The van der Waals surface area contributed by atoms with E-state index >= 15 is 0 Å². The Morgan fingerprint density at radius 1 is 1.47 bits per heavy atom. The average Bonchev–Trinajstić information content (AvgIpc) is 2.87. The Bertz CT molecular complexity index is 303. The van der Waals surface area contributed by atoms with E-state index in [2.05, 4.69) is 10.6 Å². The number of carboxylic acids is 1. The number of hydrogen-bond acceptors (Lipinski definition) is 3. The summed E-state index contributed by atoms with van der Waals surface area (Å²) < 4.78 is 5.28. The second-order valence-corrected chi connectivity index (χ2v) is 5.14. The van der Waals surface area contributed by atoms with Crippen molar-refractivity contribution in [1.82, 2.24) is 10.6 Å². The van der Waals surface area contributed by atoms with E-state index in [-0.39, 0.29) is 24.4 Å². The van der Waals surface area contributed by atoms with Crippen molar-refractivity contribution in [1.29, 1.82) is 0 Å². The SMILES string of the molecule is CCC(CNC(=O)NC(C)C1CCOC1)CC(=O)O. The smallest absolute Gasteiger partial charge is 0.315 e. The van der Waals surface area contributed by atoms with Gasteiger partial charge in [0.2, 0.25) is 0 Å². The van der Waals surface area contributed by atoms with E-state index in [4.69, 9.17) is 9.84 Å². The lowest BCUT2D eigenvalue weighted by Crippen LogP contribution is -2.45. The van der Waals surface area contributed by atoms with Crippen molar-refractivity contribution in [2.24, 2.45) is 11.8 Å². The van der Waals surface area contributed by atoms with Gasteiger partial charge < -0.3 is 20.5 Å². The molecule has 110 valence electrons. The first-order chi connectivity index (χ1) is 9.02. The van der Waals surface area contributed by atoms with Gasteiger partial charge in [0, 0.05) is 31.5 Å². The van der Waals surface area contributed by atoms with Gasteiger partial charge in [0.05, 0.1) is 6.61 Å². The van der Waals surface area contributed by atoms with Crippen molar-refractivity contribution in [3.63, 3.8) is 0 Å². The normalized spacial score (nSPS) is 21.7. The van der Waals surface area contributed by atoms with Crippen molar-refractivity contribution in [3.8, 4) is 0 Å². The minimum Gasteiger partial charge on any atom is -0.481 e. The molecule has 6 nitrogen and oxygen atoms in total. The summed E-state index contributed by atoms with van der Waals surface area (Å²) in [7, 11) is 0. The molecule has 6 heteroatoms. The summed E-state index contributed by atoms with van der Waals surface area (Å²) in [5.41, 5.74) is 0. The van der Waals surface area contributed by atoms with E-state index in [0.717, 1.165) is 19.4 Å². The number of aliphatic carboxylic acids is 1. The molecule has 0 saturated carbocycles. The number of urea groups is 1. The van der Waals surface area contributed by atoms with Crippen LogP contribution in [0.25, 0.3) is 0 Å². The molecule has 3 atom stereocenters. The highest BCUT2D eigenvalue weighted by atomic mass is 16.5. The van der Waals surface area contributed by atoms with Gasteiger partial charge >= 0.3 is 12.0 Å². The average molecular weight is 272 g/mol. The highest BCUT2D eigenvalue weighted by molar-refractivity contribution is 5.74. The molecule has 0 spiro atoms. The molecule has 0 aromatic rings. The van der Waals surface area contributed by atoms with E-state index in [1.807, 2.05) is 13.8 Å². The molecule has 0 bridgehead atoms. The Morgan fingerprint density at radius 2 is 2.21 bits per heavy atom. The Labute approximate surface area is 113 Å². The van der Waals surface area contributed by atoms with Gasteiger partial charge in [-0.1, -0.05) is 13.3 Å². The second kappa shape index (κ2) is 7.99. The molecule has 0 aliphatic carbocycles. The minimum absolute atomic E-state index is 0.0200. The molecule has 1 aliphatic heterocycles. The molecule has 3 N–H and O–H groups in total. The van der Waals surface area contributed by atoms with Crippen LogP contribution in [-0.2, 0) is 9.53 Å². The first-order valence-electron chi connectivity index (χ1n) is 6.86. The first-order valence-corrected chi connectivity index (χ1v) is 6.86. The fourth-order valence-electron chi connectivity index (χ4n) is 2.17. The lowest BCUT2D eigenvalue weighted by molar-refractivity contribution is -0.138. The Balaban J connectivity index is 2.24. The van der Waals surface area contributed by atoms with Gasteiger partial charge in [-0.25, -0.2) is 4.79 Å². The highest BCUT2D eigenvalue weighted by Gasteiger charge is 2.23. The van der Waals surface area contributed by atoms with Crippen LogP contribution >= 0.6 is 0 Å². The van der Waals surface area contributed by atoms with Gasteiger partial charge in [-0.2, -0.15) is 0 Å². The van der Waals surface area contributed by atoms with Gasteiger partial charge in [0.1, 0.15) is 0 Å². The van der Waals surface area contributed by atoms with Crippen molar-refractivity contribution >= 4 is 12.0 Å². The molecule has 1 aliphatic rings. The lowest BCUT2D eigenvalue weighted by atomic mass is 10.0. The first kappa shape index (κ1) is 15.8. The molecule has 1 fully saturated rings. The summed E-state index contributed by atoms with van der Waals surface area (Å²) in [4.78, 5) is 22.3. The molecule has 19 heavy (non-hydrogen) atoms. The van der Waals surface area contributed by atoms with Crippen molar-refractivity contribution in [2.45, 2.75) is 39.2 Å². The summed E-state index contributed by atoms with van der Waals surface area (Å²) in [5, 5.41) is 14.3. The topological polar surface area (TPSA) is 87.7 Å². The summed E-state index contributed by atoms with van der Waals surface area (Å²) >= 11 is 0. The number of carboxylic acid groups (broad SMARTS) is 1. The summed E-state index contributed by atoms with van der Waals surface area (Å²) in [5.74, 6) is -0.481. The molecule has 0 radical (unpaired) electrons. The molecule has 1 saturated heterocycles. The van der Waals surface area contributed by atoms with Crippen LogP contribution in [-0.4, -0.2) is 42.9 Å². The predicted molar refractivity (Wildman–Crippen MR) is 71.0 cm³/mol. The molecule has 0 aromatic heterocycles. The third-order valence-corrected chi connectivity index (χ3v) is 3.62. The van der Waals surface area contributed by atoms with Crippen molar-refractivity contribution in [2.75, 3.05) is 19.8 Å². The molecule has 1 rings (SSSR count). The fourth-order valence-corrected chi connectivity index (χ4v) is 2.17. The summed E-state index contributed by atoms with van der Waals surface area (Å²) in [6.07, 6.45) is 1.79. The van der Waals surface area contributed by atoms with E-state index < -0.39 is 5.97 Å². The van der Waals surface area contributed by atoms with E-state index in [1.165, 1.54) is 0 Å². The molecular formula is C13H24N2O4. The Kier molecular flexibility index (Phi) is 6.62. The van der Waals surface area contributed by atoms with Crippen LogP contribution in [0.4, 0.5) is 4.79 Å². The summed E-state index contributed by atoms with van der Waals surface area (Å²) in [6, 6.07) is -0.162. The third kappa shape index (κ3) is 5.92. The van der Waals surface area contributed by atoms with Crippen LogP contribution in [0.5, 0.6) is 0 Å². The van der Waals surface area contributed by atoms with Gasteiger partial charge in [-0.3, -0.25) is 4.79 Å². The minimum atomic E-state index is -0.828. The fraction of sp³-hybridized carbons (Fsp3) is 0.846. The van der Waals surface area contributed by atoms with E-state index in [9.17, 15) is 9.59 Å². The zero-order valence-corrected chi connectivity index (χ0v) is 11.6.